The van der Waals surface area contributed by atoms with Gasteiger partial charge in [0.15, 0.2) is 5.96 Å². The van der Waals surface area contributed by atoms with Gasteiger partial charge in [0.25, 0.3) is 0 Å². The van der Waals surface area contributed by atoms with Gasteiger partial charge in [0.05, 0.1) is 12.2 Å². The van der Waals surface area contributed by atoms with Gasteiger partial charge in [-0.1, -0.05) is 13.8 Å². The lowest BCUT2D eigenvalue weighted by atomic mass is 10.2. The van der Waals surface area contributed by atoms with E-state index >= 15 is 0 Å². The molecule has 0 saturated carbocycles. The maximum Gasteiger partial charge on any atom is 0.191 e. The largest absolute Gasteiger partial charge is 0.357 e. The van der Waals surface area contributed by atoms with Crippen LogP contribution in [0.2, 0.25) is 0 Å². The van der Waals surface area contributed by atoms with E-state index in [0.29, 0.717) is 12.5 Å². The minimum atomic E-state index is 0. The number of hydrogen-bond donors (Lipinski definition) is 2. The van der Waals surface area contributed by atoms with Gasteiger partial charge in [0.1, 0.15) is 5.01 Å². The second-order valence-corrected chi connectivity index (χ2v) is 6.54. The Kier molecular flexibility index (Phi) is 11.8. The monoisotopic (exact) mass is 439 g/mol. The fraction of sp³-hybridized carbons (Fsp3) is 0.733. The van der Waals surface area contributed by atoms with Crippen molar-refractivity contribution in [2.45, 2.75) is 39.7 Å². The highest BCUT2D eigenvalue weighted by Crippen LogP contribution is 2.18. The average molecular weight is 439 g/mol. The first-order chi connectivity index (χ1) is 10.0. The van der Waals surface area contributed by atoms with E-state index in [0.717, 1.165) is 42.7 Å². The normalized spacial score (nSPS) is 11.7. The van der Waals surface area contributed by atoms with Crippen LogP contribution in [0.15, 0.2) is 10.4 Å². The van der Waals surface area contributed by atoms with Crippen LogP contribution in [0.3, 0.4) is 0 Å². The lowest BCUT2D eigenvalue weighted by molar-refractivity contribution is 0.399. The summed E-state index contributed by atoms with van der Waals surface area (Å²) in [5.41, 5.74) is 1.16. The molecule has 0 saturated heterocycles. The number of nitrogens with one attached hydrogen (secondary N) is 2. The van der Waals surface area contributed by atoms with Crippen LogP contribution in [0.1, 0.15) is 43.8 Å². The van der Waals surface area contributed by atoms with Crippen molar-refractivity contribution in [2.24, 2.45) is 4.99 Å². The van der Waals surface area contributed by atoms with E-state index in [1.807, 2.05) is 0 Å². The van der Waals surface area contributed by atoms with Crippen LogP contribution in [0.5, 0.6) is 0 Å². The molecule has 1 rings (SSSR count). The van der Waals surface area contributed by atoms with Crippen molar-refractivity contribution in [3.63, 3.8) is 0 Å². The van der Waals surface area contributed by atoms with Gasteiger partial charge >= 0.3 is 0 Å². The van der Waals surface area contributed by atoms with Gasteiger partial charge in [-0.3, -0.25) is 0 Å². The standard InChI is InChI=1S/C15H29N5S.HI/c1-6-16-15(17-8-7-9-20(4)5)18-10-14-19-13(11-21-14)12(2)3;/h11-12H,6-10H2,1-5H3,(H2,16,17,18);1H. The van der Waals surface area contributed by atoms with Crippen molar-refractivity contribution < 1.29 is 0 Å². The number of hydrogen-bond acceptors (Lipinski definition) is 4. The minimum absolute atomic E-state index is 0. The molecule has 0 fully saturated rings. The molecular weight excluding hydrogens is 409 g/mol. The molecule has 0 aliphatic heterocycles. The summed E-state index contributed by atoms with van der Waals surface area (Å²) in [5, 5.41) is 9.84. The zero-order valence-electron chi connectivity index (χ0n) is 14.3. The number of halogens is 1. The summed E-state index contributed by atoms with van der Waals surface area (Å²) in [4.78, 5) is 11.4. The van der Waals surface area contributed by atoms with Gasteiger partial charge in [0, 0.05) is 18.5 Å². The summed E-state index contributed by atoms with van der Waals surface area (Å²) < 4.78 is 0. The van der Waals surface area contributed by atoms with E-state index in [-0.39, 0.29) is 24.0 Å². The van der Waals surface area contributed by atoms with Crippen LogP contribution < -0.4 is 10.6 Å². The van der Waals surface area contributed by atoms with Crippen molar-refractivity contribution >= 4 is 41.3 Å². The molecule has 128 valence electrons. The van der Waals surface area contributed by atoms with Crippen LogP contribution in [0.25, 0.3) is 0 Å². The highest BCUT2D eigenvalue weighted by molar-refractivity contribution is 14.0. The molecule has 0 aromatic carbocycles. The predicted octanol–water partition coefficient (Wildman–Crippen LogP) is 2.89. The van der Waals surface area contributed by atoms with Gasteiger partial charge < -0.3 is 15.5 Å². The molecule has 5 nitrogen and oxygen atoms in total. The van der Waals surface area contributed by atoms with Crippen LogP contribution in [0, 0.1) is 0 Å². The number of aliphatic imine (C=N–C) groups is 1. The molecule has 1 aromatic rings. The Morgan fingerprint density at radius 2 is 2.09 bits per heavy atom. The third-order valence-corrected chi connectivity index (χ3v) is 3.80. The van der Waals surface area contributed by atoms with E-state index in [1.165, 1.54) is 0 Å². The van der Waals surface area contributed by atoms with Crippen molar-refractivity contribution in [1.29, 1.82) is 0 Å². The molecule has 7 heteroatoms. The first kappa shape index (κ1) is 21.6. The Labute approximate surface area is 156 Å². The van der Waals surface area contributed by atoms with E-state index in [4.69, 9.17) is 0 Å². The zero-order valence-corrected chi connectivity index (χ0v) is 17.5. The third-order valence-electron chi connectivity index (χ3n) is 2.95. The first-order valence-electron chi connectivity index (χ1n) is 7.64. The fourth-order valence-corrected chi connectivity index (χ4v) is 2.63. The van der Waals surface area contributed by atoms with Crippen LogP contribution in [-0.2, 0) is 6.54 Å². The summed E-state index contributed by atoms with van der Waals surface area (Å²) in [7, 11) is 4.18. The average Bonchev–Trinajstić information content (AvgIpc) is 2.89. The molecule has 0 spiro atoms. The molecule has 0 aliphatic carbocycles. The maximum atomic E-state index is 4.61. The van der Waals surface area contributed by atoms with Gasteiger partial charge in [-0.2, -0.15) is 0 Å². The molecule has 0 bridgehead atoms. The van der Waals surface area contributed by atoms with Crippen molar-refractivity contribution in [2.75, 3.05) is 33.7 Å². The summed E-state index contributed by atoms with van der Waals surface area (Å²) in [5.74, 6) is 1.36. The van der Waals surface area contributed by atoms with E-state index in [2.05, 4.69) is 65.8 Å². The van der Waals surface area contributed by atoms with Gasteiger partial charge in [-0.15, -0.1) is 35.3 Å². The fourth-order valence-electron chi connectivity index (χ4n) is 1.75. The predicted molar refractivity (Wildman–Crippen MR) is 108 cm³/mol. The Balaban J connectivity index is 0.00000441. The van der Waals surface area contributed by atoms with E-state index in [9.17, 15) is 0 Å². The quantitative estimate of drug-likeness (QED) is 0.283. The minimum Gasteiger partial charge on any atom is -0.357 e. The number of nitrogens with zero attached hydrogens (tertiary/aromatic N) is 3. The van der Waals surface area contributed by atoms with Gasteiger partial charge in [-0.25, -0.2) is 9.98 Å². The second kappa shape index (κ2) is 12.1. The Morgan fingerprint density at radius 3 is 2.64 bits per heavy atom. The molecule has 22 heavy (non-hydrogen) atoms. The van der Waals surface area contributed by atoms with E-state index in [1.54, 1.807) is 11.3 Å². The number of rotatable bonds is 8. The topological polar surface area (TPSA) is 52.6 Å². The molecule has 1 aromatic heterocycles. The number of guanidine groups is 1. The van der Waals surface area contributed by atoms with Crippen molar-refractivity contribution in [1.82, 2.24) is 20.5 Å². The molecule has 0 aliphatic rings. The molecule has 2 N–H and O–H groups in total. The lowest BCUT2D eigenvalue weighted by Gasteiger charge is -2.13. The number of thiazole rings is 1. The van der Waals surface area contributed by atoms with Crippen LogP contribution >= 0.6 is 35.3 Å². The van der Waals surface area contributed by atoms with Gasteiger partial charge in [0.2, 0.25) is 0 Å². The first-order valence-corrected chi connectivity index (χ1v) is 8.52. The molecule has 1 heterocycles. The Bertz CT molecular complexity index is 431. The smallest absolute Gasteiger partial charge is 0.191 e. The van der Waals surface area contributed by atoms with E-state index < -0.39 is 0 Å². The molecular formula is C15H30IN5S. The number of aromatic nitrogens is 1. The zero-order chi connectivity index (χ0) is 15.7. The maximum absolute atomic E-state index is 4.61. The summed E-state index contributed by atoms with van der Waals surface area (Å²) in [6.07, 6.45) is 1.10. The summed E-state index contributed by atoms with van der Waals surface area (Å²) in [6.45, 7) is 9.93. The SMILES string of the molecule is CCNC(=NCc1nc(C(C)C)cs1)NCCCN(C)C.I. The van der Waals surface area contributed by atoms with Crippen molar-refractivity contribution in [3.05, 3.63) is 16.1 Å². The second-order valence-electron chi connectivity index (χ2n) is 5.60. The molecule has 0 amide bonds. The van der Waals surface area contributed by atoms with Crippen LogP contribution in [-0.4, -0.2) is 49.6 Å². The van der Waals surface area contributed by atoms with Gasteiger partial charge in [-0.05, 0) is 39.9 Å². The van der Waals surface area contributed by atoms with Crippen LogP contribution in [0.4, 0.5) is 0 Å². The third kappa shape index (κ3) is 8.89. The Hall–Kier alpha value is -0.410. The summed E-state index contributed by atoms with van der Waals surface area (Å²) >= 11 is 1.69. The summed E-state index contributed by atoms with van der Waals surface area (Å²) in [6, 6.07) is 0. The molecule has 0 unspecified atom stereocenters. The lowest BCUT2D eigenvalue weighted by Crippen LogP contribution is -2.38. The van der Waals surface area contributed by atoms with Crippen molar-refractivity contribution in [3.8, 4) is 0 Å². The Morgan fingerprint density at radius 1 is 1.36 bits per heavy atom. The highest BCUT2D eigenvalue weighted by Gasteiger charge is 2.05. The molecule has 0 radical (unpaired) electrons. The highest BCUT2D eigenvalue weighted by atomic mass is 127. The molecule has 0 atom stereocenters.